The van der Waals surface area contributed by atoms with E-state index in [2.05, 4.69) is 4.98 Å². The summed E-state index contributed by atoms with van der Waals surface area (Å²) in [6, 6.07) is 11.4. The van der Waals surface area contributed by atoms with Crippen LogP contribution in [0.25, 0.3) is 10.9 Å². The van der Waals surface area contributed by atoms with Gasteiger partial charge in [-0.25, -0.2) is 9.18 Å². The Hall–Kier alpha value is -2.62. The molecular formula is C17H14FNO2. The zero-order chi connectivity index (χ0) is 15.0. The fourth-order valence-corrected chi connectivity index (χ4v) is 2.55. The van der Waals surface area contributed by atoms with Crippen molar-refractivity contribution in [3.63, 3.8) is 0 Å². The van der Waals surface area contributed by atoms with Gasteiger partial charge in [-0.05, 0) is 54.8 Å². The summed E-state index contributed by atoms with van der Waals surface area (Å²) in [5.74, 6) is -1.20. The number of hydrogen-bond donors (Lipinski definition) is 2. The van der Waals surface area contributed by atoms with Gasteiger partial charge in [0, 0.05) is 16.6 Å². The quantitative estimate of drug-likeness (QED) is 0.765. The number of rotatable bonds is 3. The number of nitrogens with one attached hydrogen (secondary N) is 1. The van der Waals surface area contributed by atoms with Gasteiger partial charge in [0.2, 0.25) is 0 Å². The summed E-state index contributed by atoms with van der Waals surface area (Å²) in [4.78, 5) is 14.4. The highest BCUT2D eigenvalue weighted by molar-refractivity contribution is 5.95. The number of benzene rings is 2. The second-order valence-electron chi connectivity index (χ2n) is 5.10. The van der Waals surface area contributed by atoms with Crippen LogP contribution in [0, 0.1) is 12.7 Å². The summed E-state index contributed by atoms with van der Waals surface area (Å²) in [7, 11) is 0. The molecule has 0 bridgehead atoms. The van der Waals surface area contributed by atoms with Crippen molar-refractivity contribution in [2.75, 3.05) is 0 Å². The highest BCUT2D eigenvalue weighted by Gasteiger charge is 2.12. The number of aromatic nitrogens is 1. The molecule has 3 rings (SSSR count). The second-order valence-corrected chi connectivity index (χ2v) is 5.10. The summed E-state index contributed by atoms with van der Waals surface area (Å²) in [5.41, 5.74) is 4.20. The molecule has 0 atom stereocenters. The number of fused-ring (bicyclic) bond motifs is 1. The number of aryl methyl sites for hydroxylation is 1. The van der Waals surface area contributed by atoms with Crippen LogP contribution in [0.15, 0.2) is 42.5 Å². The van der Waals surface area contributed by atoms with Gasteiger partial charge >= 0.3 is 5.97 Å². The van der Waals surface area contributed by atoms with E-state index in [-0.39, 0.29) is 11.4 Å². The first-order chi connectivity index (χ1) is 10.0. The van der Waals surface area contributed by atoms with Crippen molar-refractivity contribution in [1.82, 2.24) is 4.98 Å². The molecule has 0 amide bonds. The Bertz CT molecular complexity index is 819. The van der Waals surface area contributed by atoms with E-state index in [0.717, 1.165) is 27.7 Å². The van der Waals surface area contributed by atoms with Gasteiger partial charge in [-0.2, -0.15) is 0 Å². The average Bonchev–Trinajstić information content (AvgIpc) is 2.77. The molecule has 2 N–H and O–H groups in total. The predicted molar refractivity (Wildman–Crippen MR) is 79.2 cm³/mol. The van der Waals surface area contributed by atoms with Gasteiger partial charge in [0.05, 0.1) is 5.56 Å². The van der Waals surface area contributed by atoms with Crippen molar-refractivity contribution in [1.29, 1.82) is 0 Å². The minimum Gasteiger partial charge on any atom is -0.478 e. The Morgan fingerprint density at radius 1 is 1.19 bits per heavy atom. The lowest BCUT2D eigenvalue weighted by atomic mass is 10.0. The van der Waals surface area contributed by atoms with Crippen LogP contribution in [-0.4, -0.2) is 16.1 Å². The first kappa shape index (κ1) is 13.4. The molecule has 1 heterocycles. The molecule has 4 heteroatoms. The zero-order valence-electron chi connectivity index (χ0n) is 11.5. The van der Waals surface area contributed by atoms with E-state index in [1.165, 1.54) is 12.1 Å². The zero-order valence-corrected chi connectivity index (χ0v) is 11.5. The van der Waals surface area contributed by atoms with Gasteiger partial charge in [-0.1, -0.05) is 12.1 Å². The molecular weight excluding hydrogens is 269 g/mol. The molecule has 2 aromatic carbocycles. The minimum absolute atomic E-state index is 0.262. The maximum absolute atomic E-state index is 13.0. The van der Waals surface area contributed by atoms with Crippen LogP contribution in [0.4, 0.5) is 4.39 Å². The summed E-state index contributed by atoms with van der Waals surface area (Å²) in [6.45, 7) is 1.96. The van der Waals surface area contributed by atoms with Crippen LogP contribution < -0.4 is 0 Å². The highest BCUT2D eigenvalue weighted by Crippen LogP contribution is 2.26. The molecule has 3 aromatic rings. The maximum atomic E-state index is 13.0. The molecule has 0 aliphatic heterocycles. The van der Waals surface area contributed by atoms with Crippen LogP contribution in [0.3, 0.4) is 0 Å². The first-order valence-corrected chi connectivity index (χ1v) is 6.63. The molecule has 21 heavy (non-hydrogen) atoms. The first-order valence-electron chi connectivity index (χ1n) is 6.63. The van der Waals surface area contributed by atoms with Crippen molar-refractivity contribution in [3.8, 4) is 0 Å². The number of H-pyrrole nitrogens is 1. The topological polar surface area (TPSA) is 53.1 Å². The summed E-state index contributed by atoms with van der Waals surface area (Å²) in [5, 5.41) is 10.0. The van der Waals surface area contributed by atoms with E-state index < -0.39 is 5.97 Å². The maximum Gasteiger partial charge on any atom is 0.335 e. The number of hydrogen-bond acceptors (Lipinski definition) is 1. The third kappa shape index (κ3) is 2.52. The largest absolute Gasteiger partial charge is 0.478 e. The van der Waals surface area contributed by atoms with E-state index in [0.29, 0.717) is 6.42 Å². The van der Waals surface area contributed by atoms with Crippen molar-refractivity contribution in [2.24, 2.45) is 0 Å². The van der Waals surface area contributed by atoms with Crippen LogP contribution in [0.1, 0.15) is 27.2 Å². The monoisotopic (exact) mass is 283 g/mol. The smallest absolute Gasteiger partial charge is 0.335 e. The molecule has 0 radical (unpaired) electrons. The third-order valence-electron chi connectivity index (χ3n) is 3.66. The normalized spacial score (nSPS) is 11.0. The lowest BCUT2D eigenvalue weighted by Crippen LogP contribution is -1.95. The Labute approximate surface area is 121 Å². The Balaban J connectivity index is 2.08. The molecule has 0 aliphatic rings. The van der Waals surface area contributed by atoms with Gasteiger partial charge in [-0.3, -0.25) is 0 Å². The summed E-state index contributed by atoms with van der Waals surface area (Å²) in [6.07, 6.45) is 0.634. The lowest BCUT2D eigenvalue weighted by molar-refractivity contribution is 0.0697. The lowest BCUT2D eigenvalue weighted by Gasteiger charge is -2.03. The molecule has 0 aliphatic carbocycles. The van der Waals surface area contributed by atoms with Gasteiger partial charge in [0.15, 0.2) is 0 Å². The van der Waals surface area contributed by atoms with E-state index in [9.17, 15) is 9.18 Å². The van der Waals surface area contributed by atoms with Gasteiger partial charge in [0.25, 0.3) is 0 Å². The molecule has 0 saturated heterocycles. The minimum atomic E-state index is -0.941. The van der Waals surface area contributed by atoms with Crippen LogP contribution in [0.2, 0.25) is 0 Å². The standard InChI is InChI=1S/C17H14FNO2/c1-10-14(8-11-2-5-13(18)6-3-11)15-9-12(17(20)21)4-7-16(15)19-10/h2-7,9,19H,8H2,1H3,(H,20,21). The van der Waals surface area contributed by atoms with Gasteiger partial charge in [-0.15, -0.1) is 0 Å². The fourth-order valence-electron chi connectivity index (χ4n) is 2.55. The molecule has 0 unspecified atom stereocenters. The third-order valence-corrected chi connectivity index (χ3v) is 3.66. The summed E-state index contributed by atoms with van der Waals surface area (Å²) < 4.78 is 13.0. The van der Waals surface area contributed by atoms with Gasteiger partial charge < -0.3 is 10.1 Å². The van der Waals surface area contributed by atoms with Crippen molar-refractivity contribution >= 4 is 16.9 Å². The number of carbonyl (C=O) groups is 1. The molecule has 1 aromatic heterocycles. The second kappa shape index (κ2) is 5.05. The summed E-state index contributed by atoms with van der Waals surface area (Å²) >= 11 is 0. The SMILES string of the molecule is Cc1[nH]c2ccc(C(=O)O)cc2c1Cc1ccc(F)cc1. The number of carboxylic acids is 1. The van der Waals surface area contributed by atoms with Crippen LogP contribution >= 0.6 is 0 Å². The highest BCUT2D eigenvalue weighted by atomic mass is 19.1. The van der Waals surface area contributed by atoms with E-state index in [4.69, 9.17) is 5.11 Å². The molecule has 3 nitrogen and oxygen atoms in total. The Morgan fingerprint density at radius 3 is 2.57 bits per heavy atom. The fraction of sp³-hybridized carbons (Fsp3) is 0.118. The Kier molecular flexibility index (Phi) is 3.22. The number of aromatic carboxylic acids is 1. The average molecular weight is 283 g/mol. The molecule has 0 spiro atoms. The molecule has 106 valence electrons. The van der Waals surface area contributed by atoms with E-state index in [1.54, 1.807) is 30.3 Å². The predicted octanol–water partition coefficient (Wildman–Crippen LogP) is 3.90. The van der Waals surface area contributed by atoms with Crippen LogP contribution in [-0.2, 0) is 6.42 Å². The van der Waals surface area contributed by atoms with Crippen molar-refractivity contribution < 1.29 is 14.3 Å². The van der Waals surface area contributed by atoms with Crippen molar-refractivity contribution in [3.05, 3.63) is 70.7 Å². The van der Waals surface area contributed by atoms with E-state index in [1.807, 2.05) is 6.92 Å². The van der Waals surface area contributed by atoms with Gasteiger partial charge in [0.1, 0.15) is 5.82 Å². The Morgan fingerprint density at radius 2 is 1.90 bits per heavy atom. The molecule has 0 saturated carbocycles. The number of aromatic amines is 1. The van der Waals surface area contributed by atoms with Crippen molar-refractivity contribution in [2.45, 2.75) is 13.3 Å². The number of halogens is 1. The van der Waals surface area contributed by atoms with Crippen LogP contribution in [0.5, 0.6) is 0 Å². The molecule has 0 fully saturated rings. The van der Waals surface area contributed by atoms with E-state index >= 15 is 0 Å². The number of carboxylic acid groups (broad SMARTS) is 1.